The summed E-state index contributed by atoms with van der Waals surface area (Å²) in [5.74, 6) is 0.441. The maximum atomic E-state index is 12.5. The molecule has 0 aliphatic carbocycles. The highest BCUT2D eigenvalue weighted by Gasteiger charge is 2.30. The molecule has 0 radical (unpaired) electrons. The molecule has 0 spiro atoms. The van der Waals surface area contributed by atoms with Crippen molar-refractivity contribution in [1.29, 1.82) is 0 Å². The number of nitrogens with zero attached hydrogens (tertiary/aromatic N) is 2. The van der Waals surface area contributed by atoms with Crippen LogP contribution in [0.4, 0.5) is 4.79 Å². The molecule has 5 heteroatoms. The predicted molar refractivity (Wildman–Crippen MR) is 81.2 cm³/mol. The zero-order chi connectivity index (χ0) is 15.2. The Morgan fingerprint density at radius 2 is 1.62 bits per heavy atom. The smallest absolute Gasteiger partial charge is 0.320 e. The highest BCUT2D eigenvalue weighted by Crippen LogP contribution is 2.25. The minimum Gasteiger partial charge on any atom is -0.481 e. The van der Waals surface area contributed by atoms with Gasteiger partial charge in [0.2, 0.25) is 0 Å². The molecule has 0 saturated carbocycles. The number of carbonyl (C=O) groups excluding carboxylic acids is 1. The van der Waals surface area contributed by atoms with Crippen LogP contribution in [0.5, 0.6) is 0 Å². The van der Waals surface area contributed by atoms with Crippen LogP contribution in [-0.2, 0) is 4.79 Å². The second-order valence-corrected chi connectivity index (χ2v) is 6.53. The van der Waals surface area contributed by atoms with E-state index in [0.717, 1.165) is 51.9 Å². The van der Waals surface area contributed by atoms with Crippen molar-refractivity contribution in [2.45, 2.75) is 51.9 Å². The number of aliphatic carboxylic acids is 1. The Morgan fingerprint density at radius 3 is 2.24 bits per heavy atom. The van der Waals surface area contributed by atoms with Gasteiger partial charge in [0.15, 0.2) is 0 Å². The first-order valence-electron chi connectivity index (χ1n) is 8.35. The second kappa shape index (κ2) is 7.66. The van der Waals surface area contributed by atoms with E-state index in [0.29, 0.717) is 11.8 Å². The predicted octanol–water partition coefficient (Wildman–Crippen LogP) is 2.81. The van der Waals surface area contributed by atoms with Gasteiger partial charge in [0.1, 0.15) is 0 Å². The quantitative estimate of drug-likeness (QED) is 0.848. The number of piperidine rings is 1. The molecule has 2 aliphatic rings. The molecule has 2 saturated heterocycles. The van der Waals surface area contributed by atoms with Crippen LogP contribution >= 0.6 is 0 Å². The van der Waals surface area contributed by atoms with Crippen molar-refractivity contribution in [3.8, 4) is 0 Å². The Labute approximate surface area is 127 Å². The molecular weight excluding hydrogens is 268 g/mol. The highest BCUT2D eigenvalue weighted by molar-refractivity contribution is 5.74. The number of amides is 2. The lowest BCUT2D eigenvalue weighted by molar-refractivity contribution is -0.137. The van der Waals surface area contributed by atoms with Crippen molar-refractivity contribution in [2.24, 2.45) is 11.8 Å². The maximum absolute atomic E-state index is 12.5. The molecule has 0 bridgehead atoms. The minimum atomic E-state index is -0.715. The summed E-state index contributed by atoms with van der Waals surface area (Å²) in [6.45, 7) is 5.61. The zero-order valence-electron chi connectivity index (χ0n) is 13.1. The molecule has 2 fully saturated rings. The van der Waals surface area contributed by atoms with Gasteiger partial charge in [-0.2, -0.15) is 0 Å². The van der Waals surface area contributed by atoms with Crippen LogP contribution in [-0.4, -0.2) is 53.1 Å². The van der Waals surface area contributed by atoms with Crippen molar-refractivity contribution in [1.82, 2.24) is 9.80 Å². The lowest BCUT2D eigenvalue weighted by Gasteiger charge is -2.34. The third-order valence-corrected chi connectivity index (χ3v) is 4.90. The molecule has 1 unspecified atom stereocenters. The van der Waals surface area contributed by atoms with Crippen LogP contribution in [0.15, 0.2) is 0 Å². The van der Waals surface area contributed by atoms with Gasteiger partial charge in [0, 0.05) is 32.6 Å². The molecule has 2 heterocycles. The van der Waals surface area contributed by atoms with Crippen molar-refractivity contribution in [3.63, 3.8) is 0 Å². The standard InChI is InChI=1S/C16H28N2O3/c1-2-3-14-8-11-18(12-14)16(21)17-9-6-13(7-10-17)4-5-15(19)20/h13-14H,2-12H2,1H3,(H,19,20). The van der Waals surface area contributed by atoms with Crippen LogP contribution in [0.2, 0.25) is 0 Å². The highest BCUT2D eigenvalue weighted by atomic mass is 16.4. The van der Waals surface area contributed by atoms with E-state index in [4.69, 9.17) is 5.11 Å². The van der Waals surface area contributed by atoms with E-state index in [2.05, 4.69) is 6.92 Å². The fourth-order valence-electron chi connectivity index (χ4n) is 3.59. The Balaban J connectivity index is 1.72. The normalized spacial score (nSPS) is 23.6. The van der Waals surface area contributed by atoms with E-state index >= 15 is 0 Å². The Kier molecular flexibility index (Phi) is 5.88. The molecule has 2 rings (SSSR count). The van der Waals surface area contributed by atoms with Gasteiger partial charge in [-0.15, -0.1) is 0 Å². The summed E-state index contributed by atoms with van der Waals surface area (Å²) in [6, 6.07) is 0.199. The Morgan fingerprint density at radius 1 is 1.00 bits per heavy atom. The topological polar surface area (TPSA) is 60.9 Å². The van der Waals surface area contributed by atoms with Gasteiger partial charge in [0.25, 0.3) is 0 Å². The van der Waals surface area contributed by atoms with Gasteiger partial charge in [-0.25, -0.2) is 4.79 Å². The summed E-state index contributed by atoms with van der Waals surface area (Å²) < 4.78 is 0. The first-order valence-corrected chi connectivity index (χ1v) is 8.35. The van der Waals surface area contributed by atoms with E-state index < -0.39 is 5.97 Å². The van der Waals surface area contributed by atoms with E-state index in [1.54, 1.807) is 0 Å². The van der Waals surface area contributed by atoms with E-state index in [1.165, 1.54) is 12.8 Å². The van der Waals surface area contributed by atoms with Gasteiger partial charge < -0.3 is 14.9 Å². The summed E-state index contributed by atoms with van der Waals surface area (Å²) in [4.78, 5) is 27.1. The average Bonchev–Trinajstić information content (AvgIpc) is 2.94. The number of carboxylic acid groups (broad SMARTS) is 1. The Bertz CT molecular complexity index is 365. The van der Waals surface area contributed by atoms with Crippen LogP contribution in [0.3, 0.4) is 0 Å². The van der Waals surface area contributed by atoms with Crippen molar-refractivity contribution >= 4 is 12.0 Å². The lowest BCUT2D eigenvalue weighted by Crippen LogP contribution is -2.46. The molecule has 1 atom stereocenters. The first kappa shape index (κ1) is 16.1. The minimum absolute atomic E-state index is 0.199. The molecule has 0 aromatic carbocycles. The third kappa shape index (κ3) is 4.61. The summed E-state index contributed by atoms with van der Waals surface area (Å²) in [5, 5.41) is 8.73. The number of carboxylic acids is 1. The molecule has 2 aliphatic heterocycles. The maximum Gasteiger partial charge on any atom is 0.320 e. The molecular formula is C16H28N2O3. The largest absolute Gasteiger partial charge is 0.481 e. The van der Waals surface area contributed by atoms with Crippen LogP contribution < -0.4 is 0 Å². The van der Waals surface area contributed by atoms with E-state index in [-0.39, 0.29) is 12.5 Å². The molecule has 120 valence electrons. The summed E-state index contributed by atoms with van der Waals surface area (Å²) in [7, 11) is 0. The van der Waals surface area contributed by atoms with E-state index in [1.807, 2.05) is 9.80 Å². The average molecular weight is 296 g/mol. The zero-order valence-corrected chi connectivity index (χ0v) is 13.1. The molecule has 0 aromatic heterocycles. The number of hydrogen-bond donors (Lipinski definition) is 1. The number of likely N-dealkylation sites (tertiary alicyclic amines) is 2. The Hall–Kier alpha value is -1.26. The third-order valence-electron chi connectivity index (χ3n) is 4.90. The second-order valence-electron chi connectivity index (χ2n) is 6.53. The SMILES string of the molecule is CCCC1CCN(C(=O)N2CCC(CCC(=O)O)CC2)C1. The summed E-state index contributed by atoms with van der Waals surface area (Å²) in [5.41, 5.74) is 0. The molecule has 0 aromatic rings. The summed E-state index contributed by atoms with van der Waals surface area (Å²) in [6.07, 6.45) is 6.47. The fourth-order valence-corrected chi connectivity index (χ4v) is 3.59. The molecule has 2 amide bonds. The van der Waals surface area contributed by atoms with E-state index in [9.17, 15) is 9.59 Å². The first-order chi connectivity index (χ1) is 10.1. The van der Waals surface area contributed by atoms with Crippen LogP contribution in [0.25, 0.3) is 0 Å². The monoisotopic (exact) mass is 296 g/mol. The number of carbonyl (C=O) groups is 2. The lowest BCUT2D eigenvalue weighted by atomic mass is 9.92. The van der Waals surface area contributed by atoms with Crippen molar-refractivity contribution in [2.75, 3.05) is 26.2 Å². The van der Waals surface area contributed by atoms with Gasteiger partial charge in [0.05, 0.1) is 0 Å². The number of rotatable bonds is 5. The summed E-state index contributed by atoms with van der Waals surface area (Å²) >= 11 is 0. The van der Waals surface area contributed by atoms with Gasteiger partial charge >= 0.3 is 12.0 Å². The van der Waals surface area contributed by atoms with Crippen LogP contribution in [0.1, 0.15) is 51.9 Å². The van der Waals surface area contributed by atoms with Crippen molar-refractivity contribution < 1.29 is 14.7 Å². The number of urea groups is 1. The van der Waals surface area contributed by atoms with Gasteiger partial charge in [-0.1, -0.05) is 13.3 Å². The fraction of sp³-hybridized carbons (Fsp3) is 0.875. The number of hydrogen-bond acceptors (Lipinski definition) is 2. The molecule has 1 N–H and O–H groups in total. The van der Waals surface area contributed by atoms with Gasteiger partial charge in [-0.3, -0.25) is 4.79 Å². The van der Waals surface area contributed by atoms with Crippen LogP contribution in [0, 0.1) is 11.8 Å². The molecule has 5 nitrogen and oxygen atoms in total. The van der Waals surface area contributed by atoms with Crippen molar-refractivity contribution in [3.05, 3.63) is 0 Å². The van der Waals surface area contributed by atoms with Gasteiger partial charge in [-0.05, 0) is 43.9 Å². The molecule has 21 heavy (non-hydrogen) atoms.